The monoisotopic (exact) mass is 344 g/mol. The van der Waals surface area contributed by atoms with E-state index >= 15 is 0 Å². The molecule has 24 heavy (non-hydrogen) atoms. The van der Waals surface area contributed by atoms with Crippen molar-refractivity contribution in [3.8, 4) is 11.3 Å². The molecule has 0 bridgehead atoms. The number of rotatable bonds is 4. The molecule has 0 aliphatic heterocycles. The number of carboxylic acid groups (broad SMARTS) is 1. The summed E-state index contributed by atoms with van der Waals surface area (Å²) in [7, 11) is 0. The number of nitrogens with zero attached hydrogens (tertiary/aromatic N) is 1. The lowest BCUT2D eigenvalue weighted by Crippen LogP contribution is -2.38. The van der Waals surface area contributed by atoms with E-state index in [1.54, 1.807) is 11.3 Å². The van der Waals surface area contributed by atoms with Gasteiger partial charge in [0.25, 0.3) is 5.91 Å². The molecule has 2 N–H and O–H groups in total. The molecule has 0 saturated heterocycles. The van der Waals surface area contributed by atoms with Gasteiger partial charge in [-0.2, -0.15) is 0 Å². The molecule has 1 fully saturated rings. The van der Waals surface area contributed by atoms with E-state index in [4.69, 9.17) is 5.11 Å². The zero-order valence-corrected chi connectivity index (χ0v) is 14.3. The van der Waals surface area contributed by atoms with Crippen LogP contribution in [0.2, 0.25) is 0 Å². The minimum absolute atomic E-state index is 0.0639. The Bertz CT molecular complexity index is 731. The van der Waals surface area contributed by atoms with Crippen molar-refractivity contribution in [3.05, 3.63) is 40.2 Å². The normalized spacial score (nSPS) is 20.5. The summed E-state index contributed by atoms with van der Waals surface area (Å²) >= 11 is 1.60. The quantitative estimate of drug-likeness (QED) is 0.890. The summed E-state index contributed by atoms with van der Waals surface area (Å²) in [4.78, 5) is 27.7. The van der Waals surface area contributed by atoms with Crippen molar-refractivity contribution < 1.29 is 14.7 Å². The van der Waals surface area contributed by atoms with E-state index in [1.807, 2.05) is 36.6 Å². The standard InChI is InChI=1S/C18H20N2O3S/c1-11-19-16(10-24-11)12-2-4-13(5-3-12)17(21)20-15-8-6-14(7-9-15)18(22)23/h2-5,10,14-15H,6-9H2,1H3,(H,20,21)(H,22,23). The third kappa shape index (κ3) is 3.82. The number of aromatic nitrogens is 1. The number of carbonyl (C=O) groups excluding carboxylic acids is 1. The number of hydrogen-bond donors (Lipinski definition) is 2. The molecule has 5 nitrogen and oxygen atoms in total. The number of aryl methyl sites for hydroxylation is 1. The van der Waals surface area contributed by atoms with E-state index in [0.717, 1.165) is 29.1 Å². The van der Waals surface area contributed by atoms with Gasteiger partial charge in [-0.25, -0.2) is 4.98 Å². The molecule has 1 aliphatic rings. The third-order valence-electron chi connectivity index (χ3n) is 4.47. The first-order chi connectivity index (χ1) is 11.5. The fourth-order valence-electron chi connectivity index (χ4n) is 3.04. The second kappa shape index (κ2) is 7.13. The van der Waals surface area contributed by atoms with Gasteiger partial charge in [0.05, 0.1) is 16.6 Å². The van der Waals surface area contributed by atoms with Crippen molar-refractivity contribution in [2.24, 2.45) is 5.92 Å². The van der Waals surface area contributed by atoms with Crippen molar-refractivity contribution >= 4 is 23.2 Å². The van der Waals surface area contributed by atoms with Crippen LogP contribution in [0.25, 0.3) is 11.3 Å². The second-order valence-corrected chi connectivity index (χ2v) is 7.25. The van der Waals surface area contributed by atoms with Gasteiger partial charge in [-0.05, 0) is 44.7 Å². The fraction of sp³-hybridized carbons (Fsp3) is 0.389. The van der Waals surface area contributed by atoms with Crippen molar-refractivity contribution in [1.29, 1.82) is 0 Å². The van der Waals surface area contributed by atoms with Crippen LogP contribution in [0.1, 0.15) is 41.0 Å². The molecule has 3 rings (SSSR count). The molecular weight excluding hydrogens is 324 g/mol. The van der Waals surface area contributed by atoms with E-state index in [9.17, 15) is 9.59 Å². The molecule has 1 aromatic carbocycles. The lowest BCUT2D eigenvalue weighted by molar-refractivity contribution is -0.142. The second-order valence-electron chi connectivity index (χ2n) is 6.19. The Kier molecular flexibility index (Phi) is 4.94. The van der Waals surface area contributed by atoms with Crippen molar-refractivity contribution in [3.63, 3.8) is 0 Å². The number of hydrogen-bond acceptors (Lipinski definition) is 4. The molecule has 0 spiro atoms. The summed E-state index contributed by atoms with van der Waals surface area (Å²) in [5.74, 6) is -1.10. The highest BCUT2D eigenvalue weighted by atomic mass is 32.1. The predicted octanol–water partition coefficient (Wildman–Crippen LogP) is 3.49. The summed E-state index contributed by atoms with van der Waals surface area (Å²) in [5, 5.41) is 15.0. The van der Waals surface area contributed by atoms with Gasteiger partial charge in [-0.1, -0.05) is 12.1 Å². The number of carbonyl (C=O) groups is 2. The predicted molar refractivity (Wildman–Crippen MR) is 93.1 cm³/mol. The van der Waals surface area contributed by atoms with Crippen LogP contribution in [0, 0.1) is 12.8 Å². The Morgan fingerprint density at radius 2 is 1.83 bits per heavy atom. The first-order valence-electron chi connectivity index (χ1n) is 8.09. The molecule has 126 valence electrons. The SMILES string of the molecule is Cc1nc(-c2ccc(C(=O)NC3CCC(C(=O)O)CC3)cc2)cs1. The molecule has 2 aromatic rings. The lowest BCUT2D eigenvalue weighted by Gasteiger charge is -2.26. The van der Waals surface area contributed by atoms with E-state index in [0.29, 0.717) is 18.4 Å². The van der Waals surface area contributed by atoms with Crippen molar-refractivity contribution in [1.82, 2.24) is 10.3 Å². The van der Waals surface area contributed by atoms with Crippen LogP contribution in [0.5, 0.6) is 0 Å². The molecule has 1 heterocycles. The molecule has 0 unspecified atom stereocenters. The molecule has 0 radical (unpaired) electrons. The van der Waals surface area contributed by atoms with Crippen LogP contribution >= 0.6 is 11.3 Å². The Hall–Kier alpha value is -2.21. The zero-order valence-electron chi connectivity index (χ0n) is 13.5. The molecule has 1 aromatic heterocycles. The fourth-order valence-corrected chi connectivity index (χ4v) is 3.66. The Morgan fingerprint density at radius 1 is 1.17 bits per heavy atom. The first-order valence-corrected chi connectivity index (χ1v) is 8.97. The van der Waals surface area contributed by atoms with Gasteiger partial charge in [-0.3, -0.25) is 9.59 Å². The van der Waals surface area contributed by atoms with Crippen LogP contribution < -0.4 is 5.32 Å². The van der Waals surface area contributed by atoms with Gasteiger partial charge in [-0.15, -0.1) is 11.3 Å². The zero-order chi connectivity index (χ0) is 17.1. The Morgan fingerprint density at radius 3 is 2.38 bits per heavy atom. The lowest BCUT2D eigenvalue weighted by atomic mass is 9.86. The highest BCUT2D eigenvalue weighted by molar-refractivity contribution is 7.09. The molecule has 1 saturated carbocycles. The molecule has 0 atom stereocenters. The summed E-state index contributed by atoms with van der Waals surface area (Å²) in [6, 6.07) is 7.49. The molecule has 1 amide bonds. The van der Waals surface area contributed by atoms with Crippen LogP contribution in [0.3, 0.4) is 0 Å². The first kappa shape index (κ1) is 16.6. The van der Waals surface area contributed by atoms with Gasteiger partial charge in [0.15, 0.2) is 0 Å². The topological polar surface area (TPSA) is 79.3 Å². The molecule has 1 aliphatic carbocycles. The van der Waals surface area contributed by atoms with Crippen molar-refractivity contribution in [2.45, 2.75) is 38.6 Å². The minimum atomic E-state index is -0.729. The summed E-state index contributed by atoms with van der Waals surface area (Å²) < 4.78 is 0. The number of aliphatic carboxylic acids is 1. The Balaban J connectivity index is 1.59. The van der Waals surface area contributed by atoms with E-state index < -0.39 is 5.97 Å². The third-order valence-corrected chi connectivity index (χ3v) is 5.25. The maximum atomic E-state index is 12.3. The van der Waals surface area contributed by atoms with Gasteiger partial charge in [0, 0.05) is 22.5 Å². The van der Waals surface area contributed by atoms with Crippen LogP contribution in [-0.2, 0) is 4.79 Å². The summed E-state index contributed by atoms with van der Waals surface area (Å²) in [6.07, 6.45) is 2.70. The number of amides is 1. The van der Waals surface area contributed by atoms with Crippen LogP contribution in [0.4, 0.5) is 0 Å². The number of benzene rings is 1. The summed E-state index contributed by atoms with van der Waals surface area (Å²) in [6.45, 7) is 1.97. The highest BCUT2D eigenvalue weighted by Crippen LogP contribution is 2.25. The number of nitrogens with one attached hydrogen (secondary N) is 1. The van der Waals surface area contributed by atoms with Crippen LogP contribution in [0.15, 0.2) is 29.6 Å². The minimum Gasteiger partial charge on any atom is -0.481 e. The smallest absolute Gasteiger partial charge is 0.306 e. The van der Waals surface area contributed by atoms with Gasteiger partial charge in [0.1, 0.15) is 0 Å². The van der Waals surface area contributed by atoms with Crippen LogP contribution in [-0.4, -0.2) is 28.0 Å². The van der Waals surface area contributed by atoms with E-state index in [-0.39, 0.29) is 17.9 Å². The van der Waals surface area contributed by atoms with Gasteiger partial charge < -0.3 is 10.4 Å². The van der Waals surface area contributed by atoms with Gasteiger partial charge >= 0.3 is 5.97 Å². The van der Waals surface area contributed by atoms with Crippen molar-refractivity contribution in [2.75, 3.05) is 0 Å². The average Bonchev–Trinajstić information content (AvgIpc) is 3.02. The maximum absolute atomic E-state index is 12.3. The van der Waals surface area contributed by atoms with Gasteiger partial charge in [0.2, 0.25) is 0 Å². The van der Waals surface area contributed by atoms with E-state index in [1.165, 1.54) is 0 Å². The number of thiazole rings is 1. The molecule has 6 heteroatoms. The molecular formula is C18H20N2O3S. The largest absolute Gasteiger partial charge is 0.481 e. The number of carboxylic acids is 1. The Labute approximate surface area is 144 Å². The summed E-state index contributed by atoms with van der Waals surface area (Å²) in [5.41, 5.74) is 2.54. The highest BCUT2D eigenvalue weighted by Gasteiger charge is 2.26. The van der Waals surface area contributed by atoms with E-state index in [2.05, 4.69) is 10.3 Å². The maximum Gasteiger partial charge on any atom is 0.306 e. The average molecular weight is 344 g/mol.